The maximum Gasteiger partial charge on any atom is 0.143 e. The third kappa shape index (κ3) is 2.58. The van der Waals surface area contributed by atoms with Gasteiger partial charge in [0.05, 0.1) is 15.0 Å². The van der Waals surface area contributed by atoms with Gasteiger partial charge in [0.25, 0.3) is 0 Å². The zero-order chi connectivity index (χ0) is 9.84. The fraction of sp³-hybridized carbons (Fsp3) is 0. The Morgan fingerprint density at radius 3 is 2.31 bits per heavy atom. The molecule has 0 radical (unpaired) electrons. The number of aromatic hydroxyl groups is 1. The van der Waals surface area contributed by atoms with Crippen LogP contribution in [0.5, 0.6) is 5.75 Å². The van der Waals surface area contributed by atoms with Crippen LogP contribution in [0, 0.1) is 11.3 Å². The Morgan fingerprint density at radius 2 is 1.85 bits per heavy atom. The number of phenols is 1. The van der Waals surface area contributed by atoms with Gasteiger partial charge in [0.15, 0.2) is 0 Å². The molecule has 0 spiro atoms. The highest BCUT2D eigenvalue weighted by molar-refractivity contribution is 9.11. The van der Waals surface area contributed by atoms with Crippen LogP contribution in [0.25, 0.3) is 6.08 Å². The van der Waals surface area contributed by atoms with Crippen LogP contribution in [0.4, 0.5) is 0 Å². The van der Waals surface area contributed by atoms with Crippen molar-refractivity contribution in [3.63, 3.8) is 0 Å². The summed E-state index contributed by atoms with van der Waals surface area (Å²) in [4.78, 5) is 0. The molecule has 66 valence electrons. The standard InChI is InChI=1S/C9H5Br2NO/c10-7-4-6(2-1-3-12)5-8(11)9(7)13/h1-2,4-5,13H. The second-order valence-electron chi connectivity index (χ2n) is 2.30. The van der Waals surface area contributed by atoms with Crippen LogP contribution < -0.4 is 0 Å². The molecule has 0 fully saturated rings. The first-order valence-electron chi connectivity index (χ1n) is 3.39. The lowest BCUT2D eigenvalue weighted by molar-refractivity contribution is 0.468. The number of rotatable bonds is 1. The topological polar surface area (TPSA) is 44.0 Å². The normalized spacial score (nSPS) is 10.2. The van der Waals surface area contributed by atoms with Gasteiger partial charge in [0.2, 0.25) is 0 Å². The van der Waals surface area contributed by atoms with E-state index >= 15 is 0 Å². The van der Waals surface area contributed by atoms with E-state index in [-0.39, 0.29) is 5.75 Å². The number of hydrogen-bond acceptors (Lipinski definition) is 2. The molecular weight excluding hydrogens is 298 g/mol. The van der Waals surface area contributed by atoms with E-state index in [2.05, 4.69) is 31.9 Å². The molecular formula is C9H5Br2NO. The lowest BCUT2D eigenvalue weighted by Gasteiger charge is -2.01. The first kappa shape index (κ1) is 10.3. The van der Waals surface area contributed by atoms with Gasteiger partial charge < -0.3 is 5.11 Å². The lowest BCUT2D eigenvalue weighted by Crippen LogP contribution is -1.76. The predicted molar refractivity (Wildman–Crippen MR) is 58.2 cm³/mol. The van der Waals surface area contributed by atoms with Crippen LogP contribution in [0.15, 0.2) is 27.2 Å². The largest absolute Gasteiger partial charge is 0.506 e. The van der Waals surface area contributed by atoms with Crippen LogP contribution in [0.1, 0.15) is 5.56 Å². The fourth-order valence-corrected chi connectivity index (χ4v) is 2.04. The number of hydrogen-bond donors (Lipinski definition) is 1. The van der Waals surface area contributed by atoms with Gasteiger partial charge in [0, 0.05) is 6.08 Å². The summed E-state index contributed by atoms with van der Waals surface area (Å²) < 4.78 is 1.19. The van der Waals surface area contributed by atoms with Gasteiger partial charge >= 0.3 is 0 Å². The van der Waals surface area contributed by atoms with E-state index in [0.29, 0.717) is 8.95 Å². The molecule has 1 aromatic carbocycles. The Balaban J connectivity index is 3.15. The van der Waals surface area contributed by atoms with E-state index in [4.69, 9.17) is 5.26 Å². The van der Waals surface area contributed by atoms with E-state index in [0.717, 1.165) is 5.56 Å². The van der Waals surface area contributed by atoms with Crippen molar-refractivity contribution in [2.45, 2.75) is 0 Å². The molecule has 0 heterocycles. The summed E-state index contributed by atoms with van der Waals surface area (Å²) in [5, 5.41) is 17.7. The zero-order valence-electron chi connectivity index (χ0n) is 6.46. The van der Waals surface area contributed by atoms with E-state index in [1.165, 1.54) is 6.08 Å². The molecule has 0 saturated carbocycles. The summed E-state index contributed by atoms with van der Waals surface area (Å²) in [6.07, 6.45) is 3.04. The summed E-state index contributed by atoms with van der Waals surface area (Å²) >= 11 is 6.38. The zero-order valence-corrected chi connectivity index (χ0v) is 9.63. The van der Waals surface area contributed by atoms with E-state index in [1.54, 1.807) is 18.2 Å². The van der Waals surface area contributed by atoms with E-state index in [1.807, 2.05) is 6.07 Å². The number of nitriles is 1. The molecule has 13 heavy (non-hydrogen) atoms. The van der Waals surface area contributed by atoms with E-state index < -0.39 is 0 Å². The molecule has 0 aromatic heterocycles. The van der Waals surface area contributed by atoms with Gasteiger partial charge in [-0.3, -0.25) is 0 Å². The number of halogens is 2. The molecule has 1 N–H and O–H groups in total. The van der Waals surface area contributed by atoms with Crippen molar-refractivity contribution in [2.75, 3.05) is 0 Å². The summed E-state index contributed by atoms with van der Waals surface area (Å²) in [6, 6.07) is 5.36. The van der Waals surface area contributed by atoms with Gasteiger partial charge in [-0.15, -0.1) is 0 Å². The number of allylic oxidation sites excluding steroid dienone is 1. The highest BCUT2D eigenvalue weighted by Crippen LogP contribution is 2.33. The molecule has 1 rings (SSSR count). The SMILES string of the molecule is N#CC=Cc1cc(Br)c(O)c(Br)c1. The molecule has 0 aliphatic rings. The highest BCUT2D eigenvalue weighted by Gasteiger charge is 2.03. The third-order valence-electron chi connectivity index (χ3n) is 1.39. The summed E-state index contributed by atoms with van der Waals surface area (Å²) in [5.41, 5.74) is 0.845. The van der Waals surface area contributed by atoms with Gasteiger partial charge in [0.1, 0.15) is 5.75 Å². The Bertz CT molecular complexity index is 370. The molecule has 0 aliphatic carbocycles. The molecule has 1 aromatic rings. The molecule has 0 unspecified atom stereocenters. The minimum absolute atomic E-state index is 0.161. The highest BCUT2D eigenvalue weighted by atomic mass is 79.9. The lowest BCUT2D eigenvalue weighted by atomic mass is 10.2. The maximum atomic E-state index is 9.37. The molecule has 2 nitrogen and oxygen atoms in total. The fourth-order valence-electron chi connectivity index (χ4n) is 0.815. The third-order valence-corrected chi connectivity index (χ3v) is 2.60. The van der Waals surface area contributed by atoms with Crippen molar-refractivity contribution in [1.82, 2.24) is 0 Å². The molecule has 0 atom stereocenters. The average Bonchev–Trinajstić information content (AvgIpc) is 2.10. The van der Waals surface area contributed by atoms with Crippen molar-refractivity contribution in [3.8, 4) is 11.8 Å². The molecule has 4 heteroatoms. The quantitative estimate of drug-likeness (QED) is 0.808. The van der Waals surface area contributed by atoms with Crippen LogP contribution >= 0.6 is 31.9 Å². The van der Waals surface area contributed by atoms with Gasteiger partial charge in [-0.1, -0.05) is 0 Å². The molecule has 0 aliphatic heterocycles. The monoisotopic (exact) mass is 301 g/mol. The van der Waals surface area contributed by atoms with Gasteiger partial charge in [-0.2, -0.15) is 5.26 Å². The average molecular weight is 303 g/mol. The molecule has 0 saturated heterocycles. The first-order valence-corrected chi connectivity index (χ1v) is 4.98. The van der Waals surface area contributed by atoms with Gasteiger partial charge in [-0.25, -0.2) is 0 Å². The van der Waals surface area contributed by atoms with Crippen LogP contribution in [0.3, 0.4) is 0 Å². The summed E-state index contributed by atoms with van der Waals surface area (Å²) in [5.74, 6) is 0.161. The van der Waals surface area contributed by atoms with Crippen molar-refractivity contribution >= 4 is 37.9 Å². The van der Waals surface area contributed by atoms with Crippen LogP contribution in [0.2, 0.25) is 0 Å². The van der Waals surface area contributed by atoms with Crippen LogP contribution in [-0.4, -0.2) is 5.11 Å². The number of phenolic OH excluding ortho intramolecular Hbond substituents is 1. The van der Waals surface area contributed by atoms with Gasteiger partial charge in [-0.05, 0) is 55.6 Å². The molecule has 0 bridgehead atoms. The second kappa shape index (κ2) is 4.45. The summed E-state index contributed by atoms with van der Waals surface area (Å²) in [7, 11) is 0. The minimum Gasteiger partial charge on any atom is -0.506 e. The Labute approximate surface area is 92.8 Å². The Kier molecular flexibility index (Phi) is 3.52. The second-order valence-corrected chi connectivity index (χ2v) is 4.00. The minimum atomic E-state index is 0.161. The Morgan fingerprint density at radius 1 is 1.31 bits per heavy atom. The van der Waals surface area contributed by atoms with Crippen molar-refractivity contribution in [2.24, 2.45) is 0 Å². The van der Waals surface area contributed by atoms with Crippen molar-refractivity contribution < 1.29 is 5.11 Å². The van der Waals surface area contributed by atoms with E-state index in [9.17, 15) is 5.11 Å². The first-order chi connectivity index (χ1) is 6.15. The summed E-state index contributed by atoms with van der Waals surface area (Å²) in [6.45, 7) is 0. The number of benzene rings is 1. The smallest absolute Gasteiger partial charge is 0.143 e. The van der Waals surface area contributed by atoms with Crippen molar-refractivity contribution in [3.05, 3.63) is 32.7 Å². The molecule has 0 amide bonds. The predicted octanol–water partition coefficient (Wildman–Crippen LogP) is 3.45. The van der Waals surface area contributed by atoms with Crippen LogP contribution in [-0.2, 0) is 0 Å². The van der Waals surface area contributed by atoms with Crippen molar-refractivity contribution in [1.29, 1.82) is 5.26 Å². The maximum absolute atomic E-state index is 9.37. The number of nitrogens with zero attached hydrogens (tertiary/aromatic N) is 1. The Hall–Kier alpha value is -0.790.